The molecule has 0 aliphatic rings. The summed E-state index contributed by atoms with van der Waals surface area (Å²) in [5.74, 6) is 0.974. The molecule has 2 N–H and O–H groups in total. The van der Waals surface area contributed by atoms with Gasteiger partial charge in [-0.15, -0.1) is 0 Å². The van der Waals surface area contributed by atoms with Gasteiger partial charge in [0.1, 0.15) is 0 Å². The van der Waals surface area contributed by atoms with Gasteiger partial charge in [-0.25, -0.2) is 4.72 Å². The minimum Gasteiger partial charge on any atom is -0.340 e. The molecule has 0 aromatic carbocycles. The number of rotatable bonds is 10. The van der Waals surface area contributed by atoms with E-state index in [0.29, 0.717) is 30.7 Å². The summed E-state index contributed by atoms with van der Waals surface area (Å²) in [5.41, 5.74) is 0. The first-order valence-electron chi connectivity index (χ1n) is 7.05. The molecule has 122 valence electrons. The van der Waals surface area contributed by atoms with E-state index in [2.05, 4.69) is 34.0 Å². The second kappa shape index (κ2) is 8.42. The van der Waals surface area contributed by atoms with E-state index in [4.69, 9.17) is 4.52 Å². The van der Waals surface area contributed by atoms with Crippen LogP contribution in [-0.4, -0.2) is 55.6 Å². The zero-order valence-corrected chi connectivity index (χ0v) is 13.9. The average Bonchev–Trinajstić information content (AvgIpc) is 2.79. The maximum atomic E-state index is 12.0. The summed E-state index contributed by atoms with van der Waals surface area (Å²) in [7, 11) is -1.89. The monoisotopic (exact) mass is 319 g/mol. The van der Waals surface area contributed by atoms with Crippen LogP contribution >= 0.6 is 0 Å². The Morgan fingerprint density at radius 1 is 1.33 bits per heavy atom. The molecule has 0 saturated carbocycles. The molecule has 0 saturated heterocycles. The minimum atomic E-state index is -3.45. The largest absolute Gasteiger partial charge is 0.340 e. The van der Waals surface area contributed by atoms with Crippen molar-refractivity contribution >= 4 is 10.2 Å². The normalized spacial score (nSPS) is 12.5. The third-order valence-electron chi connectivity index (χ3n) is 2.82. The highest BCUT2D eigenvalue weighted by molar-refractivity contribution is 7.87. The summed E-state index contributed by atoms with van der Waals surface area (Å²) in [6.45, 7) is 7.31. The molecular weight excluding hydrogens is 294 g/mol. The van der Waals surface area contributed by atoms with E-state index >= 15 is 0 Å². The lowest BCUT2D eigenvalue weighted by Gasteiger charge is -2.18. The average molecular weight is 319 g/mol. The lowest BCUT2D eigenvalue weighted by atomic mass is 10.3. The molecule has 0 amide bonds. The second-order valence-electron chi connectivity index (χ2n) is 5.16. The molecule has 0 aliphatic carbocycles. The first-order chi connectivity index (χ1) is 9.81. The van der Waals surface area contributed by atoms with Crippen LogP contribution < -0.4 is 10.0 Å². The zero-order chi connectivity index (χ0) is 15.9. The van der Waals surface area contributed by atoms with Gasteiger partial charge in [0.15, 0.2) is 5.82 Å². The minimum absolute atomic E-state index is 0.246. The van der Waals surface area contributed by atoms with Gasteiger partial charge in [0.2, 0.25) is 5.89 Å². The predicted molar refractivity (Wildman–Crippen MR) is 80.0 cm³/mol. The third-order valence-corrected chi connectivity index (χ3v) is 4.39. The highest BCUT2D eigenvalue weighted by Crippen LogP contribution is 1.98. The molecule has 0 radical (unpaired) electrons. The van der Waals surface area contributed by atoms with Gasteiger partial charge in [-0.1, -0.05) is 19.0 Å². The molecule has 8 nitrogen and oxygen atoms in total. The van der Waals surface area contributed by atoms with Crippen LogP contribution in [0.25, 0.3) is 0 Å². The molecule has 0 aliphatic heterocycles. The Hall–Kier alpha value is -1.03. The van der Waals surface area contributed by atoms with Crippen LogP contribution in [0.15, 0.2) is 4.52 Å². The third kappa shape index (κ3) is 6.98. The van der Waals surface area contributed by atoms with Gasteiger partial charge in [0.25, 0.3) is 10.2 Å². The maximum Gasteiger partial charge on any atom is 0.279 e. The van der Waals surface area contributed by atoms with Crippen molar-refractivity contribution in [1.29, 1.82) is 0 Å². The maximum absolute atomic E-state index is 12.0. The van der Waals surface area contributed by atoms with E-state index in [1.807, 2.05) is 0 Å². The van der Waals surface area contributed by atoms with E-state index in [-0.39, 0.29) is 6.54 Å². The summed E-state index contributed by atoms with van der Waals surface area (Å²) >= 11 is 0. The molecule has 1 rings (SSSR count). The molecule has 21 heavy (non-hydrogen) atoms. The Morgan fingerprint density at radius 3 is 2.62 bits per heavy atom. The lowest BCUT2D eigenvalue weighted by Crippen LogP contribution is -2.40. The highest BCUT2D eigenvalue weighted by atomic mass is 32.2. The molecule has 9 heteroatoms. The number of nitrogens with one attached hydrogen (secondary N) is 2. The fourth-order valence-corrected chi connectivity index (χ4v) is 2.61. The SMILES string of the molecule is Cc1nc(CCNS(=O)(=O)N(C)CCCNC(C)C)no1. The van der Waals surface area contributed by atoms with Crippen molar-refractivity contribution in [2.24, 2.45) is 0 Å². The molecule has 0 bridgehead atoms. The van der Waals surface area contributed by atoms with Crippen LogP contribution in [-0.2, 0) is 16.6 Å². The van der Waals surface area contributed by atoms with Crippen LogP contribution in [0, 0.1) is 6.92 Å². The van der Waals surface area contributed by atoms with Crippen LogP contribution in [0.1, 0.15) is 32.0 Å². The van der Waals surface area contributed by atoms with Gasteiger partial charge >= 0.3 is 0 Å². The van der Waals surface area contributed by atoms with E-state index < -0.39 is 10.2 Å². The Balaban J connectivity index is 2.28. The van der Waals surface area contributed by atoms with E-state index in [1.165, 1.54) is 4.31 Å². The van der Waals surface area contributed by atoms with Crippen molar-refractivity contribution in [3.05, 3.63) is 11.7 Å². The first kappa shape index (κ1) is 18.0. The van der Waals surface area contributed by atoms with Crippen molar-refractivity contribution in [3.8, 4) is 0 Å². The van der Waals surface area contributed by atoms with Crippen LogP contribution in [0.2, 0.25) is 0 Å². The smallest absolute Gasteiger partial charge is 0.279 e. The second-order valence-corrected chi connectivity index (χ2v) is 7.03. The first-order valence-corrected chi connectivity index (χ1v) is 8.49. The number of nitrogens with zero attached hydrogens (tertiary/aromatic N) is 3. The fraction of sp³-hybridized carbons (Fsp3) is 0.833. The van der Waals surface area contributed by atoms with Gasteiger partial charge < -0.3 is 9.84 Å². The fourth-order valence-electron chi connectivity index (χ4n) is 1.66. The Labute approximate surface area is 126 Å². The van der Waals surface area contributed by atoms with Crippen molar-refractivity contribution in [2.45, 2.75) is 39.7 Å². The number of aromatic nitrogens is 2. The van der Waals surface area contributed by atoms with E-state index in [0.717, 1.165) is 13.0 Å². The van der Waals surface area contributed by atoms with Gasteiger partial charge in [-0.2, -0.15) is 17.7 Å². The van der Waals surface area contributed by atoms with Crippen molar-refractivity contribution < 1.29 is 12.9 Å². The zero-order valence-electron chi connectivity index (χ0n) is 13.1. The van der Waals surface area contributed by atoms with Crippen LogP contribution in [0.4, 0.5) is 0 Å². The van der Waals surface area contributed by atoms with Crippen LogP contribution in [0.5, 0.6) is 0 Å². The van der Waals surface area contributed by atoms with Gasteiger partial charge in [0.05, 0.1) is 0 Å². The van der Waals surface area contributed by atoms with Crippen LogP contribution in [0.3, 0.4) is 0 Å². The molecular formula is C12H25N5O3S. The lowest BCUT2D eigenvalue weighted by molar-refractivity contribution is 0.387. The Morgan fingerprint density at radius 2 is 2.05 bits per heavy atom. The van der Waals surface area contributed by atoms with Gasteiger partial charge in [0, 0.05) is 39.5 Å². The summed E-state index contributed by atoms with van der Waals surface area (Å²) < 4.78 is 32.6. The van der Waals surface area contributed by atoms with Crippen molar-refractivity contribution in [1.82, 2.24) is 24.5 Å². The number of hydrogen-bond donors (Lipinski definition) is 2. The number of hydrogen-bond acceptors (Lipinski definition) is 6. The van der Waals surface area contributed by atoms with Gasteiger partial charge in [-0.3, -0.25) is 0 Å². The molecule has 0 spiro atoms. The molecule has 0 atom stereocenters. The summed E-state index contributed by atoms with van der Waals surface area (Å²) in [6.07, 6.45) is 1.17. The van der Waals surface area contributed by atoms with Crippen molar-refractivity contribution in [2.75, 3.05) is 26.7 Å². The highest BCUT2D eigenvalue weighted by Gasteiger charge is 2.16. The molecule has 1 aromatic rings. The Bertz CT molecular complexity index is 515. The Kier molecular flexibility index (Phi) is 7.23. The molecule has 1 heterocycles. The summed E-state index contributed by atoms with van der Waals surface area (Å²) in [6, 6.07) is 0.406. The van der Waals surface area contributed by atoms with Crippen molar-refractivity contribution in [3.63, 3.8) is 0 Å². The quantitative estimate of drug-likeness (QED) is 0.592. The molecule has 1 aromatic heterocycles. The van der Waals surface area contributed by atoms with Gasteiger partial charge in [-0.05, 0) is 13.0 Å². The summed E-state index contributed by atoms with van der Waals surface area (Å²) in [4.78, 5) is 4.02. The topological polar surface area (TPSA) is 100 Å². The number of aryl methyl sites for hydroxylation is 1. The van der Waals surface area contributed by atoms with E-state index in [1.54, 1.807) is 14.0 Å². The standard InChI is InChI=1S/C12H25N5O3S/c1-10(2)13-7-5-9-17(4)21(18,19)14-8-6-12-15-11(3)20-16-12/h10,13-14H,5-9H2,1-4H3. The summed E-state index contributed by atoms with van der Waals surface area (Å²) in [5, 5.41) is 6.96. The molecule has 0 fully saturated rings. The molecule has 0 unspecified atom stereocenters. The predicted octanol–water partition coefficient (Wildman–Crippen LogP) is 0.0748. The van der Waals surface area contributed by atoms with E-state index in [9.17, 15) is 8.42 Å².